The van der Waals surface area contributed by atoms with Gasteiger partial charge in [-0.25, -0.2) is 0 Å². The Hall–Kier alpha value is -0.980. The van der Waals surface area contributed by atoms with E-state index in [1.165, 1.54) is 5.57 Å². The molecule has 0 spiro atoms. The lowest BCUT2D eigenvalue weighted by atomic mass is 9.97. The summed E-state index contributed by atoms with van der Waals surface area (Å²) in [6.07, 6.45) is 1.86. The Kier molecular flexibility index (Phi) is 4.42. The molecule has 1 N–H and O–H groups in total. The first-order valence-electron chi connectivity index (χ1n) is 4.24. The molecule has 0 aromatic carbocycles. The molecule has 0 saturated heterocycles. The highest BCUT2D eigenvalue weighted by molar-refractivity contribution is 5.39. The molecular formula is C11H19N. The van der Waals surface area contributed by atoms with Crippen molar-refractivity contribution in [2.75, 3.05) is 7.05 Å². The Labute approximate surface area is 75.9 Å². The molecule has 0 rings (SSSR count). The summed E-state index contributed by atoms with van der Waals surface area (Å²) in [7, 11) is 1.87. The normalized spacial score (nSPS) is 12.4. The molecule has 1 nitrogen and oxygen atoms in total. The topological polar surface area (TPSA) is 12.0 Å². The maximum atomic E-state index is 3.91. The van der Waals surface area contributed by atoms with Gasteiger partial charge in [0.1, 0.15) is 0 Å². The molecule has 0 heterocycles. The molecule has 0 aliphatic carbocycles. The third kappa shape index (κ3) is 2.57. The molecule has 0 aromatic rings. The van der Waals surface area contributed by atoms with Crippen molar-refractivity contribution in [3.05, 3.63) is 36.1 Å². The van der Waals surface area contributed by atoms with Crippen LogP contribution >= 0.6 is 0 Å². The maximum Gasteiger partial charge on any atom is 0.0337 e. The fraction of sp³-hybridized carbons (Fsp3) is 0.455. The van der Waals surface area contributed by atoms with Crippen LogP contribution in [0.2, 0.25) is 0 Å². The molecule has 0 unspecified atom stereocenters. The first kappa shape index (κ1) is 11.0. The SMILES string of the molecule is C=C/C(C(=C)NC)=C(/C)C(C)C. The van der Waals surface area contributed by atoms with Gasteiger partial charge in [0.15, 0.2) is 0 Å². The van der Waals surface area contributed by atoms with Crippen molar-refractivity contribution >= 4 is 0 Å². The minimum atomic E-state index is 0.545. The van der Waals surface area contributed by atoms with Crippen LogP contribution in [0.1, 0.15) is 20.8 Å². The van der Waals surface area contributed by atoms with Gasteiger partial charge in [-0.2, -0.15) is 0 Å². The van der Waals surface area contributed by atoms with E-state index in [0.29, 0.717) is 5.92 Å². The molecule has 0 aliphatic rings. The number of rotatable bonds is 4. The summed E-state index contributed by atoms with van der Waals surface area (Å²) in [5.74, 6) is 0.545. The first-order valence-corrected chi connectivity index (χ1v) is 4.24. The third-order valence-electron chi connectivity index (χ3n) is 2.12. The molecule has 0 radical (unpaired) electrons. The van der Waals surface area contributed by atoms with Crippen molar-refractivity contribution in [2.24, 2.45) is 5.92 Å². The van der Waals surface area contributed by atoms with Gasteiger partial charge in [-0.15, -0.1) is 0 Å². The van der Waals surface area contributed by atoms with E-state index >= 15 is 0 Å². The van der Waals surface area contributed by atoms with Crippen LogP contribution in [0.3, 0.4) is 0 Å². The summed E-state index contributed by atoms with van der Waals surface area (Å²) in [5.41, 5.74) is 3.40. The molecular weight excluding hydrogens is 146 g/mol. The van der Waals surface area contributed by atoms with Crippen LogP contribution in [0.15, 0.2) is 36.1 Å². The fourth-order valence-corrected chi connectivity index (χ4v) is 0.968. The van der Waals surface area contributed by atoms with Gasteiger partial charge in [-0.3, -0.25) is 0 Å². The van der Waals surface area contributed by atoms with Crippen molar-refractivity contribution in [3.63, 3.8) is 0 Å². The smallest absolute Gasteiger partial charge is 0.0337 e. The van der Waals surface area contributed by atoms with Crippen LogP contribution in [0.5, 0.6) is 0 Å². The highest BCUT2D eigenvalue weighted by Gasteiger charge is 2.04. The average Bonchev–Trinajstić information content (AvgIpc) is 2.05. The third-order valence-corrected chi connectivity index (χ3v) is 2.12. The van der Waals surface area contributed by atoms with E-state index in [4.69, 9.17) is 0 Å². The summed E-state index contributed by atoms with van der Waals surface area (Å²) < 4.78 is 0. The first-order chi connectivity index (χ1) is 5.54. The Balaban J connectivity index is 4.85. The predicted molar refractivity (Wildman–Crippen MR) is 55.9 cm³/mol. The Morgan fingerprint density at radius 2 is 1.92 bits per heavy atom. The van der Waals surface area contributed by atoms with Gasteiger partial charge in [0.2, 0.25) is 0 Å². The minimum Gasteiger partial charge on any atom is -0.388 e. The molecule has 1 heteroatoms. The molecule has 12 heavy (non-hydrogen) atoms. The Bertz CT molecular complexity index is 209. The molecule has 0 bridgehead atoms. The molecule has 0 aliphatic heterocycles. The molecule has 68 valence electrons. The average molecular weight is 165 g/mol. The van der Waals surface area contributed by atoms with Crippen LogP contribution in [-0.2, 0) is 0 Å². The number of hydrogen-bond acceptors (Lipinski definition) is 1. The van der Waals surface area contributed by atoms with Crippen molar-refractivity contribution < 1.29 is 0 Å². The van der Waals surface area contributed by atoms with Crippen LogP contribution < -0.4 is 5.32 Å². The van der Waals surface area contributed by atoms with Gasteiger partial charge in [0.05, 0.1) is 0 Å². The van der Waals surface area contributed by atoms with Gasteiger partial charge in [0.25, 0.3) is 0 Å². The summed E-state index contributed by atoms with van der Waals surface area (Å²) >= 11 is 0. The fourth-order valence-electron chi connectivity index (χ4n) is 0.968. The second kappa shape index (κ2) is 4.81. The summed E-state index contributed by atoms with van der Waals surface area (Å²) in [5, 5.41) is 3.03. The lowest BCUT2D eigenvalue weighted by Crippen LogP contribution is -2.08. The second-order valence-electron chi connectivity index (χ2n) is 3.18. The van der Waals surface area contributed by atoms with Crippen molar-refractivity contribution in [3.8, 4) is 0 Å². The van der Waals surface area contributed by atoms with Crippen molar-refractivity contribution in [1.82, 2.24) is 5.32 Å². The second-order valence-corrected chi connectivity index (χ2v) is 3.18. The van der Waals surface area contributed by atoms with Gasteiger partial charge >= 0.3 is 0 Å². The molecule has 0 aromatic heterocycles. The number of likely N-dealkylation sites (N-methyl/N-ethyl adjacent to an activating group) is 1. The van der Waals surface area contributed by atoms with Crippen LogP contribution in [0.25, 0.3) is 0 Å². The predicted octanol–water partition coefficient (Wildman–Crippen LogP) is 2.88. The highest BCUT2D eigenvalue weighted by Crippen LogP contribution is 2.18. The van der Waals surface area contributed by atoms with Crippen molar-refractivity contribution in [2.45, 2.75) is 20.8 Å². The van der Waals surface area contributed by atoms with Crippen LogP contribution in [-0.4, -0.2) is 7.05 Å². The monoisotopic (exact) mass is 165 g/mol. The zero-order valence-electron chi connectivity index (χ0n) is 8.57. The maximum absolute atomic E-state index is 3.91. The zero-order valence-corrected chi connectivity index (χ0v) is 8.57. The Morgan fingerprint density at radius 1 is 1.42 bits per heavy atom. The van der Waals surface area contributed by atoms with Crippen molar-refractivity contribution in [1.29, 1.82) is 0 Å². The van der Waals surface area contributed by atoms with Gasteiger partial charge in [0, 0.05) is 12.7 Å². The van der Waals surface area contributed by atoms with E-state index in [9.17, 15) is 0 Å². The van der Waals surface area contributed by atoms with Crippen LogP contribution in [0.4, 0.5) is 0 Å². The van der Waals surface area contributed by atoms with E-state index in [2.05, 4.69) is 39.2 Å². The molecule has 0 amide bonds. The number of allylic oxidation sites excluding steroid dienone is 2. The quantitative estimate of drug-likeness (QED) is 0.632. The zero-order chi connectivity index (χ0) is 9.72. The minimum absolute atomic E-state index is 0.545. The largest absolute Gasteiger partial charge is 0.388 e. The number of nitrogens with one attached hydrogen (secondary N) is 1. The van der Waals surface area contributed by atoms with Gasteiger partial charge in [-0.05, 0) is 18.4 Å². The van der Waals surface area contributed by atoms with E-state index in [1.54, 1.807) is 0 Å². The van der Waals surface area contributed by atoms with E-state index in [0.717, 1.165) is 11.3 Å². The molecule has 0 atom stereocenters. The Morgan fingerprint density at radius 3 is 2.17 bits per heavy atom. The highest BCUT2D eigenvalue weighted by atomic mass is 14.8. The van der Waals surface area contributed by atoms with Crippen LogP contribution in [0, 0.1) is 5.92 Å². The summed E-state index contributed by atoms with van der Waals surface area (Å²) in [6.45, 7) is 14.1. The summed E-state index contributed by atoms with van der Waals surface area (Å²) in [6, 6.07) is 0. The van der Waals surface area contributed by atoms with E-state index in [-0.39, 0.29) is 0 Å². The number of hydrogen-bond donors (Lipinski definition) is 1. The lowest BCUT2D eigenvalue weighted by Gasteiger charge is -2.13. The standard InChI is InChI=1S/C11H19N/c1-7-11(10(5)12-6)9(4)8(2)3/h7-8,12H,1,5H2,2-4,6H3/b11-9+. The van der Waals surface area contributed by atoms with Gasteiger partial charge in [-0.1, -0.05) is 38.7 Å². The van der Waals surface area contributed by atoms with E-state index < -0.39 is 0 Å². The summed E-state index contributed by atoms with van der Waals surface area (Å²) in [4.78, 5) is 0. The molecule has 0 fully saturated rings. The lowest BCUT2D eigenvalue weighted by molar-refractivity contribution is 0.758. The van der Waals surface area contributed by atoms with Gasteiger partial charge < -0.3 is 5.32 Å². The molecule has 0 saturated carbocycles. The van der Waals surface area contributed by atoms with E-state index in [1.807, 2.05) is 13.1 Å².